The molecule has 0 aliphatic heterocycles. The summed E-state index contributed by atoms with van der Waals surface area (Å²) in [5, 5.41) is 3.52. The summed E-state index contributed by atoms with van der Waals surface area (Å²) in [4.78, 5) is 4.04. The van der Waals surface area contributed by atoms with Gasteiger partial charge in [0.25, 0.3) is 0 Å². The van der Waals surface area contributed by atoms with Gasteiger partial charge in [-0.05, 0) is 32.9 Å². The molecule has 0 bridgehead atoms. The molecule has 114 valence electrons. The van der Waals surface area contributed by atoms with E-state index in [1.165, 1.54) is 11.1 Å². The molecule has 0 aliphatic carbocycles. The normalized spacial score (nSPS) is 12.3. The van der Waals surface area contributed by atoms with Crippen LogP contribution >= 0.6 is 0 Å². The average molecular weight is 287 g/mol. The molecule has 0 radical (unpaired) electrons. The topological polar surface area (TPSA) is 39.1 Å². The zero-order chi connectivity index (χ0) is 15.1. The highest BCUT2D eigenvalue weighted by Gasteiger charge is 2.11. The van der Waals surface area contributed by atoms with Gasteiger partial charge in [0.15, 0.2) is 0 Å². The van der Waals surface area contributed by atoms with Crippen molar-refractivity contribution in [2.75, 3.05) is 13.2 Å². The molecular weight excluding hydrogens is 262 g/mol. The molecule has 4 nitrogen and oxygen atoms in total. The molecule has 1 aromatic carbocycles. The van der Waals surface area contributed by atoms with Gasteiger partial charge < -0.3 is 14.6 Å². The van der Waals surface area contributed by atoms with Gasteiger partial charge in [-0.1, -0.05) is 24.6 Å². The van der Waals surface area contributed by atoms with Crippen LogP contribution in [0, 0.1) is 6.92 Å². The molecule has 4 heteroatoms. The lowest BCUT2D eigenvalue weighted by molar-refractivity contribution is 0.292. The number of aryl methyl sites for hydroxylation is 1. The highest BCUT2D eigenvalue weighted by Crippen LogP contribution is 2.26. The molecule has 2 rings (SSSR count). The molecule has 1 atom stereocenters. The molecule has 1 N–H and O–H groups in total. The van der Waals surface area contributed by atoms with Gasteiger partial charge in [0.05, 0.1) is 12.9 Å². The van der Waals surface area contributed by atoms with Gasteiger partial charge in [-0.3, -0.25) is 0 Å². The summed E-state index contributed by atoms with van der Waals surface area (Å²) in [6, 6.07) is 6.68. The Labute approximate surface area is 127 Å². The predicted molar refractivity (Wildman–Crippen MR) is 85.6 cm³/mol. The van der Waals surface area contributed by atoms with Crippen molar-refractivity contribution in [3.8, 4) is 5.75 Å². The number of rotatable bonds is 8. The second kappa shape index (κ2) is 7.84. The average Bonchev–Trinajstić information content (AvgIpc) is 2.99. The van der Waals surface area contributed by atoms with Crippen LogP contribution in [0.1, 0.15) is 37.4 Å². The van der Waals surface area contributed by atoms with Gasteiger partial charge >= 0.3 is 0 Å². The first-order chi connectivity index (χ1) is 10.2. The molecule has 0 amide bonds. The molecule has 0 fully saturated rings. The number of nitrogens with one attached hydrogen (secondary N) is 1. The van der Waals surface area contributed by atoms with Gasteiger partial charge in [-0.15, -0.1) is 0 Å². The van der Waals surface area contributed by atoms with Crippen LogP contribution in [-0.4, -0.2) is 22.7 Å². The molecule has 1 aromatic heterocycles. The Morgan fingerprint density at radius 3 is 2.95 bits per heavy atom. The van der Waals surface area contributed by atoms with E-state index in [-0.39, 0.29) is 0 Å². The Morgan fingerprint density at radius 2 is 2.24 bits per heavy atom. The zero-order valence-electron chi connectivity index (χ0n) is 13.2. The number of benzene rings is 1. The highest BCUT2D eigenvalue weighted by atomic mass is 16.5. The maximum Gasteiger partial charge on any atom is 0.124 e. The number of hydrogen-bond acceptors (Lipinski definition) is 3. The fourth-order valence-electron chi connectivity index (χ4n) is 2.29. The molecule has 1 unspecified atom stereocenters. The quantitative estimate of drug-likeness (QED) is 0.809. The van der Waals surface area contributed by atoms with Crippen LogP contribution in [0.2, 0.25) is 0 Å². The van der Waals surface area contributed by atoms with Crippen LogP contribution in [0.4, 0.5) is 0 Å². The van der Waals surface area contributed by atoms with Gasteiger partial charge in [0.1, 0.15) is 12.4 Å². The van der Waals surface area contributed by atoms with Crippen LogP contribution in [0.25, 0.3) is 0 Å². The third kappa shape index (κ3) is 4.60. The standard InChI is InChI=1S/C17H25N3O/c1-4-7-19-15(3)16-12-14(2)5-6-17(16)21-11-10-20-9-8-18-13-20/h5-6,8-9,12-13,15,19H,4,7,10-11H2,1-3H3. The van der Waals surface area contributed by atoms with Crippen molar-refractivity contribution in [1.29, 1.82) is 0 Å². The Kier molecular flexibility index (Phi) is 5.81. The summed E-state index contributed by atoms with van der Waals surface area (Å²) in [7, 11) is 0. The Hall–Kier alpha value is -1.81. The van der Waals surface area contributed by atoms with Gasteiger partial charge in [0, 0.05) is 24.0 Å². The Morgan fingerprint density at radius 1 is 1.38 bits per heavy atom. The molecule has 0 aliphatic rings. The van der Waals surface area contributed by atoms with E-state index >= 15 is 0 Å². The Bertz CT molecular complexity index is 537. The maximum atomic E-state index is 5.98. The molecule has 1 heterocycles. The zero-order valence-corrected chi connectivity index (χ0v) is 13.2. The van der Waals surface area contributed by atoms with Crippen LogP contribution < -0.4 is 10.1 Å². The number of imidazole rings is 1. The summed E-state index contributed by atoms with van der Waals surface area (Å²) in [5.41, 5.74) is 2.49. The molecular formula is C17H25N3O. The van der Waals surface area contributed by atoms with E-state index in [9.17, 15) is 0 Å². The SMILES string of the molecule is CCCNC(C)c1cc(C)ccc1OCCn1ccnc1. The minimum atomic E-state index is 0.299. The molecule has 0 saturated heterocycles. The number of aromatic nitrogens is 2. The lowest BCUT2D eigenvalue weighted by Crippen LogP contribution is -2.20. The smallest absolute Gasteiger partial charge is 0.124 e. The van der Waals surface area contributed by atoms with E-state index in [0.29, 0.717) is 12.6 Å². The van der Waals surface area contributed by atoms with Gasteiger partial charge in [0.2, 0.25) is 0 Å². The fourth-order valence-corrected chi connectivity index (χ4v) is 2.29. The number of nitrogens with zero attached hydrogens (tertiary/aromatic N) is 2. The molecule has 21 heavy (non-hydrogen) atoms. The summed E-state index contributed by atoms with van der Waals surface area (Å²) in [5.74, 6) is 0.969. The molecule has 0 saturated carbocycles. The van der Waals surface area contributed by atoms with Crippen molar-refractivity contribution in [3.63, 3.8) is 0 Å². The van der Waals surface area contributed by atoms with E-state index in [1.54, 1.807) is 6.20 Å². The first-order valence-electron chi connectivity index (χ1n) is 7.63. The van der Waals surface area contributed by atoms with Crippen LogP contribution in [0.5, 0.6) is 5.75 Å². The van der Waals surface area contributed by atoms with E-state index in [2.05, 4.69) is 49.3 Å². The number of ether oxygens (including phenoxy) is 1. The van der Waals surface area contributed by atoms with E-state index < -0.39 is 0 Å². The van der Waals surface area contributed by atoms with Crippen molar-refractivity contribution in [2.24, 2.45) is 0 Å². The van der Waals surface area contributed by atoms with Crippen molar-refractivity contribution in [3.05, 3.63) is 48.0 Å². The highest BCUT2D eigenvalue weighted by molar-refractivity contribution is 5.39. The lowest BCUT2D eigenvalue weighted by Gasteiger charge is -2.19. The largest absolute Gasteiger partial charge is 0.491 e. The van der Waals surface area contributed by atoms with Crippen molar-refractivity contribution in [1.82, 2.24) is 14.9 Å². The fraction of sp³-hybridized carbons (Fsp3) is 0.471. The van der Waals surface area contributed by atoms with E-state index in [4.69, 9.17) is 4.74 Å². The van der Waals surface area contributed by atoms with Crippen molar-refractivity contribution >= 4 is 0 Å². The van der Waals surface area contributed by atoms with E-state index in [0.717, 1.165) is 25.3 Å². The lowest BCUT2D eigenvalue weighted by atomic mass is 10.0. The van der Waals surface area contributed by atoms with Gasteiger partial charge in [-0.25, -0.2) is 4.98 Å². The third-order valence-electron chi connectivity index (χ3n) is 3.50. The third-order valence-corrected chi connectivity index (χ3v) is 3.50. The summed E-state index contributed by atoms with van der Waals surface area (Å²) in [6.07, 6.45) is 6.68. The number of hydrogen-bond donors (Lipinski definition) is 1. The Balaban J connectivity index is 2.00. The molecule has 2 aromatic rings. The first-order valence-corrected chi connectivity index (χ1v) is 7.63. The monoisotopic (exact) mass is 287 g/mol. The van der Waals surface area contributed by atoms with Crippen LogP contribution in [-0.2, 0) is 6.54 Å². The van der Waals surface area contributed by atoms with Crippen molar-refractivity contribution < 1.29 is 4.74 Å². The van der Waals surface area contributed by atoms with Gasteiger partial charge in [-0.2, -0.15) is 0 Å². The first kappa shape index (κ1) is 15.6. The van der Waals surface area contributed by atoms with E-state index in [1.807, 2.05) is 17.1 Å². The van der Waals surface area contributed by atoms with Crippen LogP contribution in [0.15, 0.2) is 36.9 Å². The summed E-state index contributed by atoms with van der Waals surface area (Å²) >= 11 is 0. The molecule has 0 spiro atoms. The predicted octanol–water partition coefficient (Wildman–Crippen LogP) is 3.33. The minimum absolute atomic E-state index is 0.299. The minimum Gasteiger partial charge on any atom is -0.491 e. The van der Waals surface area contributed by atoms with Crippen molar-refractivity contribution in [2.45, 2.75) is 39.8 Å². The second-order valence-corrected chi connectivity index (χ2v) is 5.37. The summed E-state index contributed by atoms with van der Waals surface area (Å²) in [6.45, 7) is 8.96. The maximum absolute atomic E-state index is 5.98. The second-order valence-electron chi connectivity index (χ2n) is 5.37. The summed E-state index contributed by atoms with van der Waals surface area (Å²) < 4.78 is 8.00. The van der Waals surface area contributed by atoms with Crippen LogP contribution in [0.3, 0.4) is 0 Å².